The molecule has 2 aromatic rings. The molecule has 0 radical (unpaired) electrons. The van der Waals surface area contributed by atoms with E-state index in [1.165, 1.54) is 10.4 Å². The Morgan fingerprint density at radius 3 is 2.96 bits per heavy atom. The van der Waals surface area contributed by atoms with Crippen molar-refractivity contribution in [2.24, 2.45) is 5.92 Å². The standard InChI is InChI=1S/C17H24N4O4S/c1-3-12(2)19-17(22)13-5-4-10-21(11-13)26(23,24)16-7-6-15(25-16)14-8-9-18-20-14/h6-9,12-13H,3-5,10-11H2,1-2H3,(H,18,20)(H,19,22)/t12-,13+/m0/s1. The van der Waals surface area contributed by atoms with Gasteiger partial charge in [-0.2, -0.15) is 9.40 Å². The molecule has 0 spiro atoms. The van der Waals surface area contributed by atoms with E-state index in [0.29, 0.717) is 30.8 Å². The lowest BCUT2D eigenvalue weighted by Crippen LogP contribution is -2.46. The van der Waals surface area contributed by atoms with Gasteiger partial charge in [0.15, 0.2) is 5.76 Å². The number of piperidine rings is 1. The zero-order chi connectivity index (χ0) is 18.7. The lowest BCUT2D eigenvalue weighted by molar-refractivity contribution is -0.126. The molecule has 2 atom stereocenters. The number of aromatic amines is 1. The Labute approximate surface area is 153 Å². The summed E-state index contributed by atoms with van der Waals surface area (Å²) >= 11 is 0. The van der Waals surface area contributed by atoms with Crippen molar-refractivity contribution in [1.82, 2.24) is 19.8 Å². The molecule has 0 bridgehead atoms. The zero-order valence-electron chi connectivity index (χ0n) is 14.9. The summed E-state index contributed by atoms with van der Waals surface area (Å²) in [5.74, 6) is -0.0180. The van der Waals surface area contributed by atoms with Crippen molar-refractivity contribution >= 4 is 15.9 Å². The number of rotatable bonds is 6. The van der Waals surface area contributed by atoms with Crippen LogP contribution in [0.4, 0.5) is 0 Å². The Bertz CT molecular complexity index is 844. The summed E-state index contributed by atoms with van der Waals surface area (Å²) in [6, 6.07) is 4.81. The number of hydrogen-bond donors (Lipinski definition) is 2. The third-order valence-corrected chi connectivity index (χ3v) is 6.44. The maximum Gasteiger partial charge on any atom is 0.276 e. The molecule has 1 saturated heterocycles. The van der Waals surface area contributed by atoms with Crippen molar-refractivity contribution in [3.8, 4) is 11.5 Å². The first-order chi connectivity index (χ1) is 12.4. The molecule has 1 fully saturated rings. The van der Waals surface area contributed by atoms with Gasteiger partial charge in [0.1, 0.15) is 5.69 Å². The molecule has 1 amide bonds. The van der Waals surface area contributed by atoms with Gasteiger partial charge in [0, 0.05) is 25.3 Å². The van der Waals surface area contributed by atoms with Crippen LogP contribution in [0.2, 0.25) is 0 Å². The Morgan fingerprint density at radius 1 is 1.46 bits per heavy atom. The van der Waals surface area contributed by atoms with Gasteiger partial charge in [-0.05, 0) is 44.4 Å². The zero-order valence-corrected chi connectivity index (χ0v) is 15.8. The lowest BCUT2D eigenvalue weighted by atomic mass is 9.98. The molecule has 142 valence electrons. The molecule has 2 aromatic heterocycles. The third kappa shape index (κ3) is 3.83. The van der Waals surface area contributed by atoms with E-state index in [9.17, 15) is 13.2 Å². The number of H-pyrrole nitrogens is 1. The topological polar surface area (TPSA) is 108 Å². The molecule has 26 heavy (non-hydrogen) atoms. The van der Waals surface area contributed by atoms with Crippen LogP contribution in [0.3, 0.4) is 0 Å². The fourth-order valence-corrected chi connectivity index (χ4v) is 4.40. The van der Waals surface area contributed by atoms with E-state index in [-0.39, 0.29) is 29.5 Å². The van der Waals surface area contributed by atoms with E-state index in [1.807, 2.05) is 13.8 Å². The maximum absolute atomic E-state index is 12.9. The number of carbonyl (C=O) groups is 1. The number of carbonyl (C=O) groups excluding carboxylic acids is 1. The molecule has 2 N–H and O–H groups in total. The van der Waals surface area contributed by atoms with E-state index in [0.717, 1.165) is 6.42 Å². The van der Waals surface area contributed by atoms with Gasteiger partial charge in [0.2, 0.25) is 11.0 Å². The fraction of sp³-hybridized carbons (Fsp3) is 0.529. The quantitative estimate of drug-likeness (QED) is 0.797. The number of nitrogens with zero attached hydrogens (tertiary/aromatic N) is 2. The van der Waals surface area contributed by atoms with Gasteiger partial charge in [-0.15, -0.1) is 0 Å². The van der Waals surface area contributed by atoms with Gasteiger partial charge in [-0.1, -0.05) is 6.92 Å². The van der Waals surface area contributed by atoms with E-state index >= 15 is 0 Å². The van der Waals surface area contributed by atoms with Gasteiger partial charge in [-0.3, -0.25) is 9.89 Å². The second-order valence-electron chi connectivity index (χ2n) is 6.61. The average Bonchev–Trinajstić information content (AvgIpc) is 3.33. The molecule has 0 unspecified atom stereocenters. The highest BCUT2D eigenvalue weighted by Crippen LogP contribution is 2.28. The predicted octanol–water partition coefficient (Wildman–Crippen LogP) is 1.99. The van der Waals surface area contributed by atoms with Crippen molar-refractivity contribution in [3.05, 3.63) is 24.4 Å². The molecule has 3 rings (SSSR count). The molecular formula is C17H24N4O4S. The van der Waals surface area contributed by atoms with Crippen LogP contribution in [0, 0.1) is 5.92 Å². The van der Waals surface area contributed by atoms with Gasteiger partial charge in [0.05, 0.1) is 5.92 Å². The lowest BCUT2D eigenvalue weighted by Gasteiger charge is -2.31. The summed E-state index contributed by atoms with van der Waals surface area (Å²) in [6.07, 6.45) is 3.73. The molecule has 1 aliphatic rings. The third-order valence-electron chi connectivity index (χ3n) is 4.70. The number of furan rings is 1. The molecule has 0 aromatic carbocycles. The van der Waals surface area contributed by atoms with Gasteiger partial charge < -0.3 is 9.73 Å². The fourth-order valence-electron chi connectivity index (χ4n) is 2.96. The molecule has 0 aliphatic carbocycles. The number of nitrogens with one attached hydrogen (secondary N) is 2. The Morgan fingerprint density at radius 2 is 2.27 bits per heavy atom. The van der Waals surface area contributed by atoms with Crippen molar-refractivity contribution < 1.29 is 17.6 Å². The largest absolute Gasteiger partial charge is 0.442 e. The normalized spacial score (nSPS) is 20.0. The van der Waals surface area contributed by atoms with Crippen LogP contribution in [0.1, 0.15) is 33.1 Å². The van der Waals surface area contributed by atoms with Crippen LogP contribution in [0.25, 0.3) is 11.5 Å². The molecule has 3 heterocycles. The minimum atomic E-state index is -3.78. The summed E-state index contributed by atoms with van der Waals surface area (Å²) in [4.78, 5) is 12.4. The smallest absolute Gasteiger partial charge is 0.276 e. The molecule has 1 aliphatic heterocycles. The van der Waals surface area contributed by atoms with E-state index in [1.54, 1.807) is 18.3 Å². The van der Waals surface area contributed by atoms with Gasteiger partial charge in [-0.25, -0.2) is 8.42 Å². The maximum atomic E-state index is 12.9. The van der Waals surface area contributed by atoms with Crippen LogP contribution in [0.5, 0.6) is 0 Å². The second kappa shape index (κ2) is 7.63. The molecule has 9 heteroatoms. The number of sulfonamides is 1. The summed E-state index contributed by atoms with van der Waals surface area (Å²) in [7, 11) is -3.78. The van der Waals surface area contributed by atoms with Crippen LogP contribution in [-0.2, 0) is 14.8 Å². The van der Waals surface area contributed by atoms with Gasteiger partial charge >= 0.3 is 0 Å². The van der Waals surface area contributed by atoms with Crippen molar-refractivity contribution in [2.75, 3.05) is 13.1 Å². The van der Waals surface area contributed by atoms with E-state index in [2.05, 4.69) is 15.5 Å². The van der Waals surface area contributed by atoms with Crippen LogP contribution >= 0.6 is 0 Å². The number of hydrogen-bond acceptors (Lipinski definition) is 5. The van der Waals surface area contributed by atoms with E-state index in [4.69, 9.17) is 4.42 Å². The van der Waals surface area contributed by atoms with Crippen molar-refractivity contribution in [2.45, 2.75) is 44.2 Å². The Kier molecular flexibility index (Phi) is 5.47. The van der Waals surface area contributed by atoms with Crippen LogP contribution in [-0.4, -0.2) is 48.0 Å². The average molecular weight is 380 g/mol. The van der Waals surface area contributed by atoms with Crippen LogP contribution < -0.4 is 5.32 Å². The molecule has 8 nitrogen and oxygen atoms in total. The first kappa shape index (κ1) is 18.7. The first-order valence-electron chi connectivity index (χ1n) is 8.82. The van der Waals surface area contributed by atoms with E-state index < -0.39 is 10.0 Å². The second-order valence-corrected chi connectivity index (χ2v) is 8.48. The Balaban J connectivity index is 1.74. The highest BCUT2D eigenvalue weighted by Gasteiger charge is 2.35. The Hall–Kier alpha value is -2.13. The highest BCUT2D eigenvalue weighted by atomic mass is 32.2. The highest BCUT2D eigenvalue weighted by molar-refractivity contribution is 7.89. The monoisotopic (exact) mass is 380 g/mol. The molecule has 0 saturated carbocycles. The number of amides is 1. The summed E-state index contributed by atoms with van der Waals surface area (Å²) in [5, 5.41) is 9.39. The van der Waals surface area contributed by atoms with Crippen molar-refractivity contribution in [1.29, 1.82) is 0 Å². The predicted molar refractivity (Wildman–Crippen MR) is 95.7 cm³/mol. The minimum Gasteiger partial charge on any atom is -0.442 e. The summed E-state index contributed by atoms with van der Waals surface area (Å²) < 4.78 is 32.6. The summed E-state index contributed by atoms with van der Waals surface area (Å²) in [6.45, 7) is 4.49. The molecular weight excluding hydrogens is 356 g/mol. The minimum absolute atomic E-state index is 0.0801. The van der Waals surface area contributed by atoms with Crippen LogP contribution in [0.15, 0.2) is 33.9 Å². The van der Waals surface area contributed by atoms with Gasteiger partial charge in [0.25, 0.3) is 10.0 Å². The summed E-state index contributed by atoms with van der Waals surface area (Å²) in [5.41, 5.74) is 0.607. The first-order valence-corrected chi connectivity index (χ1v) is 10.3. The SMILES string of the molecule is CC[C@H](C)NC(=O)[C@@H]1CCCN(S(=O)(=O)c2ccc(-c3ccn[nH]3)o2)C1. The number of aromatic nitrogens is 2. The van der Waals surface area contributed by atoms with Crippen molar-refractivity contribution in [3.63, 3.8) is 0 Å².